The summed E-state index contributed by atoms with van der Waals surface area (Å²) >= 11 is 0. The number of alkyl halides is 3. The lowest BCUT2D eigenvalue weighted by molar-refractivity contribution is -0.274. The van der Waals surface area contributed by atoms with Crippen LogP contribution >= 0.6 is 0 Å². The molecule has 20 heavy (non-hydrogen) atoms. The quantitative estimate of drug-likeness (QED) is 0.839. The topological polar surface area (TPSA) is 59.6 Å². The summed E-state index contributed by atoms with van der Waals surface area (Å²) in [6.07, 6.45) is -4.74. The normalized spacial score (nSPS) is 11.9. The molecule has 1 rings (SSSR count). The third-order valence-electron chi connectivity index (χ3n) is 1.80. The maximum Gasteiger partial charge on any atom is 0.573 e. The van der Waals surface area contributed by atoms with E-state index in [1.165, 1.54) is 12.1 Å². The van der Waals surface area contributed by atoms with E-state index in [9.17, 15) is 18.0 Å². The molecule has 0 radical (unpaired) electrons. The minimum Gasteiger partial charge on any atom is -0.406 e. The van der Waals surface area contributed by atoms with Crippen LogP contribution in [0.25, 0.3) is 0 Å². The zero-order valence-electron chi connectivity index (χ0n) is 11.2. The summed E-state index contributed by atoms with van der Waals surface area (Å²) in [5.41, 5.74) is 1.91. The number of rotatable bonds is 3. The Bertz CT molecular complexity index is 453. The Morgan fingerprint density at radius 2 is 1.65 bits per heavy atom. The number of hydrogen-bond acceptors (Lipinski definition) is 3. The Hall–Kier alpha value is -1.96. The fourth-order valence-electron chi connectivity index (χ4n) is 1.10. The molecule has 0 fully saturated rings. The monoisotopic (exact) mass is 292 g/mol. The Kier molecular flexibility index (Phi) is 4.83. The molecule has 0 aliphatic rings. The lowest BCUT2D eigenvalue weighted by Crippen LogP contribution is -2.36. The van der Waals surface area contributed by atoms with Crippen molar-refractivity contribution in [1.82, 2.24) is 5.48 Å². The zero-order chi connectivity index (χ0) is 15.4. The average molecular weight is 292 g/mol. The molecule has 8 heteroatoms. The first-order chi connectivity index (χ1) is 9.05. The maximum absolute atomic E-state index is 11.9. The molecule has 0 heterocycles. The highest BCUT2D eigenvalue weighted by molar-refractivity contribution is 5.88. The molecule has 0 atom stereocenters. The van der Waals surface area contributed by atoms with Crippen LogP contribution in [0.15, 0.2) is 24.3 Å². The fraction of sp³-hybridized carbons (Fsp3) is 0.417. The molecule has 0 aromatic heterocycles. The van der Waals surface area contributed by atoms with Crippen molar-refractivity contribution < 1.29 is 27.5 Å². The number of urea groups is 1. The molecule has 0 aliphatic carbocycles. The summed E-state index contributed by atoms with van der Waals surface area (Å²) in [6, 6.07) is 4.10. The van der Waals surface area contributed by atoms with Gasteiger partial charge in [0.25, 0.3) is 0 Å². The maximum atomic E-state index is 11.9. The molecule has 2 amide bonds. The first-order valence-electron chi connectivity index (χ1n) is 5.66. The molecule has 0 saturated heterocycles. The predicted molar refractivity (Wildman–Crippen MR) is 66.1 cm³/mol. The molecular weight excluding hydrogens is 277 g/mol. The standard InChI is InChI=1S/C12H15F3N2O3/c1-11(2,3)20-17-10(18)16-8-4-6-9(7-5-8)19-12(13,14)15/h4-7H,1-3H3,(H2,16,17,18). The minimum atomic E-state index is -4.74. The zero-order valence-corrected chi connectivity index (χ0v) is 11.2. The molecular formula is C12H15F3N2O3. The Morgan fingerprint density at radius 3 is 2.10 bits per heavy atom. The first-order valence-corrected chi connectivity index (χ1v) is 5.66. The fourth-order valence-corrected chi connectivity index (χ4v) is 1.10. The van der Waals surface area contributed by atoms with Gasteiger partial charge in [0.1, 0.15) is 5.75 Å². The number of hydroxylamine groups is 1. The van der Waals surface area contributed by atoms with E-state index >= 15 is 0 Å². The van der Waals surface area contributed by atoms with E-state index in [0.717, 1.165) is 12.1 Å². The van der Waals surface area contributed by atoms with Gasteiger partial charge in [-0.3, -0.25) is 4.84 Å². The van der Waals surface area contributed by atoms with Crippen molar-refractivity contribution in [2.24, 2.45) is 0 Å². The van der Waals surface area contributed by atoms with Crippen LogP contribution in [0.1, 0.15) is 20.8 Å². The smallest absolute Gasteiger partial charge is 0.406 e. The highest BCUT2D eigenvalue weighted by Crippen LogP contribution is 2.23. The van der Waals surface area contributed by atoms with Crippen molar-refractivity contribution in [2.75, 3.05) is 5.32 Å². The Morgan fingerprint density at radius 1 is 1.10 bits per heavy atom. The number of benzene rings is 1. The first kappa shape index (κ1) is 16.1. The van der Waals surface area contributed by atoms with Crippen LogP contribution in [0, 0.1) is 0 Å². The summed E-state index contributed by atoms with van der Waals surface area (Å²) in [6.45, 7) is 5.24. The van der Waals surface area contributed by atoms with Crippen molar-refractivity contribution in [3.8, 4) is 5.75 Å². The summed E-state index contributed by atoms with van der Waals surface area (Å²) in [5.74, 6) is -0.366. The van der Waals surface area contributed by atoms with Crippen LogP contribution in [0.5, 0.6) is 5.75 Å². The van der Waals surface area contributed by atoms with Crippen LogP contribution in [0.4, 0.5) is 23.7 Å². The molecule has 112 valence electrons. The molecule has 2 N–H and O–H groups in total. The molecule has 0 spiro atoms. The molecule has 1 aromatic rings. The number of hydrogen-bond donors (Lipinski definition) is 2. The van der Waals surface area contributed by atoms with Gasteiger partial charge in [-0.05, 0) is 45.0 Å². The van der Waals surface area contributed by atoms with E-state index in [-0.39, 0.29) is 5.75 Å². The van der Waals surface area contributed by atoms with Gasteiger partial charge in [0.2, 0.25) is 0 Å². The van der Waals surface area contributed by atoms with Gasteiger partial charge in [0, 0.05) is 5.69 Å². The van der Waals surface area contributed by atoms with Gasteiger partial charge in [-0.1, -0.05) is 0 Å². The van der Waals surface area contributed by atoms with Crippen LogP contribution in [-0.2, 0) is 4.84 Å². The lowest BCUT2D eigenvalue weighted by atomic mass is 10.2. The SMILES string of the molecule is CC(C)(C)ONC(=O)Nc1ccc(OC(F)(F)F)cc1. The number of carbonyl (C=O) groups excluding carboxylic acids is 1. The second-order valence-electron chi connectivity index (χ2n) is 4.84. The number of anilines is 1. The largest absolute Gasteiger partial charge is 0.573 e. The molecule has 0 saturated carbocycles. The van der Waals surface area contributed by atoms with E-state index in [0.29, 0.717) is 5.69 Å². The second-order valence-corrected chi connectivity index (χ2v) is 4.84. The summed E-state index contributed by atoms with van der Waals surface area (Å²) in [7, 11) is 0. The molecule has 0 bridgehead atoms. The summed E-state index contributed by atoms with van der Waals surface area (Å²) < 4.78 is 39.5. The van der Waals surface area contributed by atoms with Crippen LogP contribution in [-0.4, -0.2) is 18.0 Å². The third-order valence-corrected chi connectivity index (χ3v) is 1.80. The van der Waals surface area contributed by atoms with Crippen molar-refractivity contribution in [3.63, 3.8) is 0 Å². The summed E-state index contributed by atoms with van der Waals surface area (Å²) in [4.78, 5) is 16.4. The predicted octanol–water partition coefficient (Wildman–Crippen LogP) is 3.44. The van der Waals surface area contributed by atoms with Crippen molar-refractivity contribution in [2.45, 2.75) is 32.7 Å². The van der Waals surface area contributed by atoms with Crippen molar-refractivity contribution in [3.05, 3.63) is 24.3 Å². The second kappa shape index (κ2) is 6.00. The van der Waals surface area contributed by atoms with E-state index < -0.39 is 18.0 Å². The van der Waals surface area contributed by atoms with Crippen LogP contribution in [0.3, 0.4) is 0 Å². The average Bonchev–Trinajstić information content (AvgIpc) is 2.26. The Labute approximate surface area is 114 Å². The highest BCUT2D eigenvalue weighted by Gasteiger charge is 2.30. The van der Waals surface area contributed by atoms with E-state index in [1.807, 2.05) is 0 Å². The number of amides is 2. The molecule has 0 aliphatic heterocycles. The van der Waals surface area contributed by atoms with Gasteiger partial charge in [-0.2, -0.15) is 0 Å². The molecule has 5 nitrogen and oxygen atoms in total. The number of nitrogens with one attached hydrogen (secondary N) is 2. The van der Waals surface area contributed by atoms with Gasteiger partial charge >= 0.3 is 12.4 Å². The minimum absolute atomic E-state index is 0.300. The van der Waals surface area contributed by atoms with E-state index in [4.69, 9.17) is 4.84 Å². The number of halogens is 3. The van der Waals surface area contributed by atoms with Crippen LogP contribution < -0.4 is 15.5 Å². The Balaban J connectivity index is 2.51. The van der Waals surface area contributed by atoms with Gasteiger partial charge in [0.15, 0.2) is 0 Å². The number of ether oxygens (including phenoxy) is 1. The van der Waals surface area contributed by atoms with Gasteiger partial charge < -0.3 is 10.1 Å². The molecule has 1 aromatic carbocycles. The van der Waals surface area contributed by atoms with E-state index in [1.54, 1.807) is 20.8 Å². The van der Waals surface area contributed by atoms with Crippen LogP contribution in [0.2, 0.25) is 0 Å². The third kappa shape index (κ3) is 6.83. The lowest BCUT2D eigenvalue weighted by Gasteiger charge is -2.19. The van der Waals surface area contributed by atoms with Gasteiger partial charge in [0.05, 0.1) is 5.60 Å². The highest BCUT2D eigenvalue weighted by atomic mass is 19.4. The van der Waals surface area contributed by atoms with Gasteiger partial charge in [-0.15, -0.1) is 13.2 Å². The summed E-state index contributed by atoms with van der Waals surface area (Å²) in [5, 5.41) is 2.39. The molecule has 0 unspecified atom stereocenters. The van der Waals surface area contributed by atoms with Gasteiger partial charge in [-0.25, -0.2) is 10.3 Å². The van der Waals surface area contributed by atoms with E-state index in [2.05, 4.69) is 15.5 Å². The van der Waals surface area contributed by atoms with Crippen molar-refractivity contribution in [1.29, 1.82) is 0 Å². The van der Waals surface area contributed by atoms with Crippen molar-refractivity contribution >= 4 is 11.7 Å². The number of carbonyl (C=O) groups is 1.